The number of nitrogens with zero attached hydrogens (tertiary/aromatic N) is 1. The van der Waals surface area contributed by atoms with Gasteiger partial charge in [0.25, 0.3) is 0 Å². The Morgan fingerprint density at radius 3 is 2.60 bits per heavy atom. The summed E-state index contributed by atoms with van der Waals surface area (Å²) in [7, 11) is 5.58. The predicted octanol–water partition coefficient (Wildman–Crippen LogP) is 2.31. The fourth-order valence-electron chi connectivity index (χ4n) is 2.22. The maximum absolute atomic E-state index is 5.44. The van der Waals surface area contributed by atoms with Crippen LogP contribution in [0, 0.1) is 0 Å². The number of benzene rings is 1. The van der Waals surface area contributed by atoms with Gasteiger partial charge < -0.3 is 19.7 Å². The lowest BCUT2D eigenvalue weighted by molar-refractivity contribution is 0.161. The van der Waals surface area contributed by atoms with E-state index in [2.05, 4.69) is 36.3 Å². The molecule has 1 unspecified atom stereocenters. The van der Waals surface area contributed by atoms with Crippen molar-refractivity contribution < 1.29 is 9.47 Å². The highest BCUT2D eigenvalue weighted by atomic mass is 16.5. The van der Waals surface area contributed by atoms with E-state index in [1.807, 2.05) is 12.1 Å². The molecule has 4 nitrogen and oxygen atoms in total. The van der Waals surface area contributed by atoms with Crippen molar-refractivity contribution in [3.8, 4) is 5.75 Å². The van der Waals surface area contributed by atoms with Crippen molar-refractivity contribution in [1.82, 2.24) is 10.2 Å². The summed E-state index contributed by atoms with van der Waals surface area (Å²) in [5.41, 5.74) is 1.23. The second-order valence-corrected chi connectivity index (χ2v) is 4.95. The van der Waals surface area contributed by atoms with E-state index in [1.165, 1.54) is 5.56 Å². The molecule has 0 saturated heterocycles. The summed E-state index contributed by atoms with van der Waals surface area (Å²) in [4.78, 5) is 2.27. The number of hydrogen-bond donors (Lipinski definition) is 1. The Labute approximate surface area is 123 Å². The summed E-state index contributed by atoms with van der Waals surface area (Å²) < 4.78 is 10.5. The van der Waals surface area contributed by atoms with Gasteiger partial charge in [-0.25, -0.2) is 0 Å². The fraction of sp³-hybridized carbons (Fsp3) is 0.625. The maximum atomic E-state index is 5.44. The van der Waals surface area contributed by atoms with Gasteiger partial charge in [0.1, 0.15) is 5.75 Å². The van der Waals surface area contributed by atoms with Gasteiger partial charge in [0.2, 0.25) is 0 Å². The average molecular weight is 280 g/mol. The van der Waals surface area contributed by atoms with E-state index in [9.17, 15) is 0 Å². The summed E-state index contributed by atoms with van der Waals surface area (Å²) in [6.07, 6.45) is 1.04. The fourth-order valence-corrected chi connectivity index (χ4v) is 2.22. The van der Waals surface area contributed by atoms with Crippen LogP contribution in [0.15, 0.2) is 24.3 Å². The summed E-state index contributed by atoms with van der Waals surface area (Å²) in [6, 6.07) is 8.56. The number of likely N-dealkylation sites (N-methyl/N-ethyl adjacent to an activating group) is 1. The van der Waals surface area contributed by atoms with Gasteiger partial charge in [0.15, 0.2) is 0 Å². The highest BCUT2D eigenvalue weighted by Gasteiger charge is 2.13. The number of nitrogens with one attached hydrogen (secondary N) is 1. The lowest BCUT2D eigenvalue weighted by atomic mass is 10.0. The van der Waals surface area contributed by atoms with Gasteiger partial charge in [-0.2, -0.15) is 0 Å². The minimum absolute atomic E-state index is 0.335. The Kier molecular flexibility index (Phi) is 8.26. The van der Waals surface area contributed by atoms with Gasteiger partial charge in [0, 0.05) is 38.3 Å². The molecular formula is C16H28N2O2. The van der Waals surface area contributed by atoms with Gasteiger partial charge in [-0.1, -0.05) is 25.1 Å². The van der Waals surface area contributed by atoms with Crippen LogP contribution in [0.25, 0.3) is 0 Å². The summed E-state index contributed by atoms with van der Waals surface area (Å²) >= 11 is 0. The zero-order valence-electron chi connectivity index (χ0n) is 13.2. The van der Waals surface area contributed by atoms with Crippen LogP contribution in [-0.4, -0.2) is 52.4 Å². The van der Waals surface area contributed by atoms with Gasteiger partial charge in [0.05, 0.1) is 13.7 Å². The lowest BCUT2D eigenvalue weighted by Gasteiger charge is -2.22. The molecule has 0 amide bonds. The van der Waals surface area contributed by atoms with Gasteiger partial charge in [-0.05, 0) is 19.5 Å². The zero-order valence-corrected chi connectivity index (χ0v) is 13.2. The minimum Gasteiger partial charge on any atom is -0.496 e. The number of methoxy groups -OCH3 is 2. The van der Waals surface area contributed by atoms with Gasteiger partial charge >= 0.3 is 0 Å². The van der Waals surface area contributed by atoms with E-state index >= 15 is 0 Å². The molecule has 0 aromatic heterocycles. The monoisotopic (exact) mass is 280 g/mol. The van der Waals surface area contributed by atoms with E-state index in [0.29, 0.717) is 6.04 Å². The van der Waals surface area contributed by atoms with E-state index in [1.54, 1.807) is 14.2 Å². The second-order valence-electron chi connectivity index (χ2n) is 4.95. The normalized spacial score (nSPS) is 12.7. The van der Waals surface area contributed by atoms with Crippen LogP contribution >= 0.6 is 0 Å². The summed E-state index contributed by atoms with van der Waals surface area (Å²) in [6.45, 7) is 5.90. The van der Waals surface area contributed by atoms with Crippen molar-refractivity contribution in [1.29, 1.82) is 0 Å². The van der Waals surface area contributed by atoms with Gasteiger partial charge in [-0.15, -0.1) is 0 Å². The Hall–Kier alpha value is -1.10. The zero-order chi connectivity index (χ0) is 14.8. The minimum atomic E-state index is 0.335. The van der Waals surface area contributed by atoms with Crippen molar-refractivity contribution in [3.05, 3.63) is 29.8 Å². The molecule has 1 aromatic rings. The van der Waals surface area contributed by atoms with Crippen molar-refractivity contribution in [2.45, 2.75) is 19.4 Å². The molecule has 0 fully saturated rings. The molecule has 0 bridgehead atoms. The SMILES string of the molecule is CCC(NCCN(C)CCOC)c1ccccc1OC. The highest BCUT2D eigenvalue weighted by Crippen LogP contribution is 2.26. The molecule has 0 radical (unpaired) electrons. The molecule has 0 saturated carbocycles. The van der Waals surface area contributed by atoms with Crippen LogP contribution in [0.3, 0.4) is 0 Å². The summed E-state index contributed by atoms with van der Waals surface area (Å²) in [5.74, 6) is 0.958. The van der Waals surface area contributed by atoms with Crippen molar-refractivity contribution >= 4 is 0 Å². The Morgan fingerprint density at radius 2 is 1.95 bits per heavy atom. The van der Waals surface area contributed by atoms with Crippen LogP contribution in [0.4, 0.5) is 0 Å². The molecule has 114 valence electrons. The molecular weight excluding hydrogens is 252 g/mol. The molecule has 0 heterocycles. The Bertz CT molecular complexity index is 371. The number of hydrogen-bond acceptors (Lipinski definition) is 4. The first-order chi connectivity index (χ1) is 9.72. The van der Waals surface area contributed by atoms with Crippen molar-refractivity contribution in [2.24, 2.45) is 0 Å². The molecule has 1 atom stereocenters. The molecule has 0 aliphatic rings. The van der Waals surface area contributed by atoms with Crippen molar-refractivity contribution in [2.75, 3.05) is 47.5 Å². The topological polar surface area (TPSA) is 33.7 Å². The third kappa shape index (κ3) is 5.49. The van der Waals surface area contributed by atoms with Crippen LogP contribution in [0.5, 0.6) is 5.75 Å². The first-order valence-electron chi connectivity index (χ1n) is 7.26. The number of para-hydroxylation sites is 1. The predicted molar refractivity (Wildman–Crippen MR) is 83.4 cm³/mol. The molecule has 1 N–H and O–H groups in total. The van der Waals surface area contributed by atoms with Gasteiger partial charge in [-0.3, -0.25) is 0 Å². The molecule has 0 aliphatic carbocycles. The number of rotatable bonds is 10. The third-order valence-electron chi connectivity index (χ3n) is 3.48. The smallest absolute Gasteiger partial charge is 0.123 e. The molecule has 0 aliphatic heterocycles. The van der Waals surface area contributed by atoms with Crippen LogP contribution in [-0.2, 0) is 4.74 Å². The standard InChI is InChI=1S/C16H28N2O2/c1-5-15(14-8-6-7-9-16(14)20-4)17-10-11-18(2)12-13-19-3/h6-9,15,17H,5,10-13H2,1-4H3. The van der Waals surface area contributed by atoms with Crippen LogP contribution in [0.2, 0.25) is 0 Å². The van der Waals surface area contributed by atoms with E-state index in [4.69, 9.17) is 9.47 Å². The van der Waals surface area contributed by atoms with E-state index in [-0.39, 0.29) is 0 Å². The van der Waals surface area contributed by atoms with Crippen molar-refractivity contribution in [3.63, 3.8) is 0 Å². The molecule has 20 heavy (non-hydrogen) atoms. The largest absolute Gasteiger partial charge is 0.496 e. The molecule has 1 rings (SSSR count). The van der Waals surface area contributed by atoms with E-state index < -0.39 is 0 Å². The van der Waals surface area contributed by atoms with Crippen LogP contribution < -0.4 is 10.1 Å². The highest BCUT2D eigenvalue weighted by molar-refractivity contribution is 5.35. The first kappa shape index (κ1) is 17.0. The maximum Gasteiger partial charge on any atom is 0.123 e. The molecule has 0 spiro atoms. The third-order valence-corrected chi connectivity index (χ3v) is 3.48. The van der Waals surface area contributed by atoms with Crippen LogP contribution in [0.1, 0.15) is 24.9 Å². The number of ether oxygens (including phenoxy) is 2. The molecule has 4 heteroatoms. The first-order valence-corrected chi connectivity index (χ1v) is 7.26. The summed E-state index contributed by atoms with van der Waals surface area (Å²) in [5, 5.41) is 3.61. The quantitative estimate of drug-likeness (QED) is 0.713. The lowest BCUT2D eigenvalue weighted by Crippen LogP contribution is -2.33. The van der Waals surface area contributed by atoms with E-state index in [0.717, 1.165) is 38.4 Å². The Morgan fingerprint density at radius 1 is 1.20 bits per heavy atom. The Balaban J connectivity index is 2.47. The second kappa shape index (κ2) is 9.75. The average Bonchev–Trinajstić information content (AvgIpc) is 2.49. The molecule has 1 aromatic carbocycles.